The summed E-state index contributed by atoms with van der Waals surface area (Å²) in [5.74, 6) is 3.23. The number of aromatic nitrogens is 4. The van der Waals surface area contributed by atoms with Crippen molar-refractivity contribution >= 4 is 5.69 Å². The molecule has 0 aliphatic carbocycles. The van der Waals surface area contributed by atoms with E-state index in [1.807, 2.05) is 35.0 Å². The van der Waals surface area contributed by atoms with Gasteiger partial charge in [-0.15, -0.1) is 5.10 Å². The van der Waals surface area contributed by atoms with E-state index in [1.54, 1.807) is 21.3 Å². The lowest BCUT2D eigenvalue weighted by Gasteiger charge is -2.41. The number of ether oxygens (including phenoxy) is 3. The van der Waals surface area contributed by atoms with Gasteiger partial charge in [0.1, 0.15) is 23.3 Å². The Morgan fingerprint density at radius 2 is 1.63 bits per heavy atom. The van der Waals surface area contributed by atoms with Gasteiger partial charge in [-0.1, -0.05) is 13.0 Å². The molecule has 188 valence electrons. The first-order valence-corrected chi connectivity index (χ1v) is 12.1. The van der Waals surface area contributed by atoms with Crippen molar-refractivity contribution in [2.24, 2.45) is 0 Å². The lowest BCUT2D eigenvalue weighted by molar-refractivity contribution is 0.184. The highest BCUT2D eigenvalue weighted by atomic mass is 16.5. The molecule has 1 aliphatic rings. The molecule has 0 amide bonds. The van der Waals surface area contributed by atoms with E-state index in [2.05, 4.69) is 58.2 Å². The molecule has 35 heavy (non-hydrogen) atoms. The predicted octanol–water partition coefficient (Wildman–Crippen LogP) is 3.76. The molecule has 0 saturated carbocycles. The van der Waals surface area contributed by atoms with Crippen LogP contribution in [-0.4, -0.2) is 72.6 Å². The van der Waals surface area contributed by atoms with Crippen LogP contribution in [0.4, 0.5) is 5.69 Å². The zero-order chi connectivity index (χ0) is 25.0. The molecule has 0 N–H and O–H groups in total. The average molecular weight is 481 g/mol. The average Bonchev–Trinajstić information content (AvgIpc) is 3.39. The third-order valence-electron chi connectivity index (χ3n) is 7.01. The highest BCUT2D eigenvalue weighted by Crippen LogP contribution is 2.38. The van der Waals surface area contributed by atoms with Crippen molar-refractivity contribution in [3.05, 3.63) is 53.9 Å². The summed E-state index contributed by atoms with van der Waals surface area (Å²) in [5.41, 5.74) is 1.92. The molecule has 1 aromatic heterocycles. The number of hydrogen-bond acceptors (Lipinski definition) is 8. The van der Waals surface area contributed by atoms with Crippen molar-refractivity contribution in [1.29, 1.82) is 0 Å². The second kappa shape index (κ2) is 10.5. The predicted molar refractivity (Wildman–Crippen MR) is 136 cm³/mol. The van der Waals surface area contributed by atoms with Crippen LogP contribution in [0.1, 0.15) is 44.6 Å². The van der Waals surface area contributed by atoms with Crippen LogP contribution in [0.2, 0.25) is 0 Å². The van der Waals surface area contributed by atoms with Crippen molar-refractivity contribution < 1.29 is 14.2 Å². The minimum atomic E-state index is -0.231. The molecule has 2 heterocycles. The smallest absolute Gasteiger partial charge is 0.173 e. The van der Waals surface area contributed by atoms with Gasteiger partial charge in [-0.25, -0.2) is 4.68 Å². The summed E-state index contributed by atoms with van der Waals surface area (Å²) < 4.78 is 18.8. The maximum Gasteiger partial charge on any atom is 0.173 e. The van der Waals surface area contributed by atoms with Crippen molar-refractivity contribution in [3.8, 4) is 17.2 Å². The molecule has 4 rings (SSSR count). The number of benzene rings is 2. The summed E-state index contributed by atoms with van der Waals surface area (Å²) in [7, 11) is 5.07. The molecule has 2 aromatic carbocycles. The number of rotatable bonds is 9. The van der Waals surface area contributed by atoms with Gasteiger partial charge in [0, 0.05) is 43.5 Å². The van der Waals surface area contributed by atoms with E-state index < -0.39 is 0 Å². The van der Waals surface area contributed by atoms with Gasteiger partial charge in [0.2, 0.25) is 0 Å². The van der Waals surface area contributed by atoms with Gasteiger partial charge in [-0.3, -0.25) is 4.90 Å². The molecule has 0 bridgehead atoms. The van der Waals surface area contributed by atoms with Crippen LogP contribution >= 0.6 is 0 Å². The molecule has 1 fully saturated rings. The van der Waals surface area contributed by atoms with Gasteiger partial charge in [-0.2, -0.15) is 0 Å². The van der Waals surface area contributed by atoms with Crippen LogP contribution in [0, 0.1) is 0 Å². The largest absolute Gasteiger partial charge is 0.497 e. The summed E-state index contributed by atoms with van der Waals surface area (Å²) in [5, 5.41) is 13.1. The van der Waals surface area contributed by atoms with Gasteiger partial charge < -0.3 is 19.1 Å². The number of anilines is 1. The lowest BCUT2D eigenvalue weighted by Crippen LogP contribution is -2.49. The molecular weight excluding hydrogens is 444 g/mol. The third kappa shape index (κ3) is 5.05. The monoisotopic (exact) mass is 480 g/mol. The van der Waals surface area contributed by atoms with E-state index in [0.717, 1.165) is 66.9 Å². The molecule has 9 heteroatoms. The zero-order valence-corrected chi connectivity index (χ0v) is 21.6. The molecular formula is C26H36N6O3. The second-order valence-electron chi connectivity index (χ2n) is 9.35. The van der Waals surface area contributed by atoms with E-state index in [-0.39, 0.29) is 11.6 Å². The molecule has 1 aliphatic heterocycles. The molecule has 1 atom stereocenters. The first-order valence-electron chi connectivity index (χ1n) is 12.1. The first-order chi connectivity index (χ1) is 16.9. The summed E-state index contributed by atoms with van der Waals surface area (Å²) >= 11 is 0. The minimum absolute atomic E-state index is 0.187. The van der Waals surface area contributed by atoms with Crippen LogP contribution in [-0.2, 0) is 5.54 Å². The molecule has 1 saturated heterocycles. The van der Waals surface area contributed by atoms with Crippen LogP contribution in [0.5, 0.6) is 17.2 Å². The van der Waals surface area contributed by atoms with Crippen molar-refractivity contribution in [2.75, 3.05) is 52.4 Å². The Morgan fingerprint density at radius 3 is 2.29 bits per heavy atom. The van der Waals surface area contributed by atoms with Crippen LogP contribution in [0.3, 0.4) is 0 Å². The SMILES string of the molecule is CCC(C)(C)n1nnnc1C(c1cc(OC)ccc1OC)N1CCN(c2cccc(OC)c2)CC1. The highest BCUT2D eigenvalue weighted by Gasteiger charge is 2.36. The van der Waals surface area contributed by atoms with Crippen LogP contribution in [0.15, 0.2) is 42.5 Å². The Hall–Kier alpha value is -3.33. The molecule has 9 nitrogen and oxygen atoms in total. The topological polar surface area (TPSA) is 77.8 Å². The van der Waals surface area contributed by atoms with Gasteiger partial charge in [0.05, 0.1) is 26.9 Å². The number of hydrogen-bond donors (Lipinski definition) is 0. The number of methoxy groups -OCH3 is 3. The van der Waals surface area contributed by atoms with Crippen molar-refractivity contribution in [2.45, 2.75) is 38.8 Å². The first kappa shape index (κ1) is 24.8. The minimum Gasteiger partial charge on any atom is -0.497 e. The molecule has 1 unspecified atom stereocenters. The number of piperazine rings is 1. The summed E-state index contributed by atoms with van der Waals surface area (Å²) in [4.78, 5) is 4.82. The van der Waals surface area contributed by atoms with Crippen molar-refractivity contribution in [1.82, 2.24) is 25.1 Å². The van der Waals surface area contributed by atoms with Crippen LogP contribution in [0.25, 0.3) is 0 Å². The number of tetrazole rings is 1. The Balaban J connectivity index is 1.71. The van der Waals surface area contributed by atoms with E-state index in [4.69, 9.17) is 14.2 Å². The molecule has 3 aromatic rings. The Morgan fingerprint density at radius 1 is 0.914 bits per heavy atom. The van der Waals surface area contributed by atoms with Crippen LogP contribution < -0.4 is 19.1 Å². The fourth-order valence-corrected chi connectivity index (χ4v) is 4.54. The third-order valence-corrected chi connectivity index (χ3v) is 7.01. The van der Waals surface area contributed by atoms with E-state index in [0.29, 0.717) is 0 Å². The lowest BCUT2D eigenvalue weighted by atomic mass is 9.98. The number of nitrogens with zero attached hydrogens (tertiary/aromatic N) is 6. The van der Waals surface area contributed by atoms with E-state index in [9.17, 15) is 0 Å². The Labute approximate surface area is 207 Å². The second-order valence-corrected chi connectivity index (χ2v) is 9.35. The quantitative estimate of drug-likeness (QED) is 0.458. The van der Waals surface area contributed by atoms with E-state index >= 15 is 0 Å². The standard InChI is InChI=1S/C26H36N6O3/c1-7-26(2,3)32-25(27-28-29-32)24(22-18-21(34-5)11-12-23(22)35-6)31-15-13-30(14-16-31)19-9-8-10-20(17-19)33-4/h8-12,17-18,24H,7,13-16H2,1-6H3. The molecule has 0 spiro atoms. The van der Waals surface area contributed by atoms with Gasteiger partial charge in [0.15, 0.2) is 5.82 Å². The fourth-order valence-electron chi connectivity index (χ4n) is 4.54. The summed E-state index contributed by atoms with van der Waals surface area (Å²) in [6, 6.07) is 13.9. The van der Waals surface area contributed by atoms with Gasteiger partial charge in [-0.05, 0) is 61.0 Å². The van der Waals surface area contributed by atoms with Gasteiger partial charge in [0.25, 0.3) is 0 Å². The normalized spacial score (nSPS) is 15.7. The fraction of sp³-hybridized carbons (Fsp3) is 0.500. The van der Waals surface area contributed by atoms with E-state index in [1.165, 1.54) is 0 Å². The Bertz CT molecular complexity index is 1120. The molecule has 0 radical (unpaired) electrons. The van der Waals surface area contributed by atoms with Gasteiger partial charge >= 0.3 is 0 Å². The Kier molecular flexibility index (Phi) is 7.45. The zero-order valence-electron chi connectivity index (χ0n) is 21.6. The highest BCUT2D eigenvalue weighted by molar-refractivity contribution is 5.51. The maximum atomic E-state index is 5.80. The summed E-state index contributed by atoms with van der Waals surface area (Å²) in [6.45, 7) is 9.88. The maximum absolute atomic E-state index is 5.80. The summed E-state index contributed by atoms with van der Waals surface area (Å²) in [6.07, 6.45) is 0.899. The van der Waals surface area contributed by atoms with Crippen molar-refractivity contribution in [3.63, 3.8) is 0 Å².